The topological polar surface area (TPSA) is 92.7 Å². The Bertz CT molecular complexity index is 1220. The van der Waals surface area contributed by atoms with Gasteiger partial charge in [0.1, 0.15) is 5.82 Å². The summed E-state index contributed by atoms with van der Waals surface area (Å²) in [5.41, 5.74) is 3.15. The van der Waals surface area contributed by atoms with Crippen molar-refractivity contribution in [3.8, 4) is 5.69 Å². The Hall–Kier alpha value is -3.74. The lowest BCUT2D eigenvalue weighted by molar-refractivity contribution is -0.115. The van der Waals surface area contributed by atoms with Gasteiger partial charge >= 0.3 is 0 Å². The van der Waals surface area contributed by atoms with Gasteiger partial charge < -0.3 is 4.98 Å². The standard InChI is InChI=1S/C21H19N5O2/c1-13-16(20(28)23-14(2)22-13)12-19(27)25-21-24-17-10-6-7-11-18(17)26(21)15-8-4-3-5-9-15/h3-11H,12H2,1-2H3,(H,22,23,28)(H,24,25,27). The zero-order chi connectivity index (χ0) is 19.7. The van der Waals surface area contributed by atoms with E-state index in [9.17, 15) is 9.59 Å². The Kier molecular flexibility index (Phi) is 4.49. The van der Waals surface area contributed by atoms with E-state index in [1.54, 1.807) is 13.8 Å². The molecule has 0 fully saturated rings. The summed E-state index contributed by atoms with van der Waals surface area (Å²) in [6.07, 6.45) is -0.0769. The summed E-state index contributed by atoms with van der Waals surface area (Å²) in [6.45, 7) is 3.44. The Balaban J connectivity index is 1.71. The van der Waals surface area contributed by atoms with Gasteiger partial charge in [-0.05, 0) is 38.1 Å². The number of carbonyl (C=O) groups is 1. The number of benzene rings is 2. The van der Waals surface area contributed by atoms with E-state index < -0.39 is 0 Å². The molecule has 2 aromatic heterocycles. The number of imidazole rings is 1. The van der Waals surface area contributed by atoms with Crippen molar-refractivity contribution in [2.45, 2.75) is 20.3 Å². The number of nitrogens with zero attached hydrogens (tertiary/aromatic N) is 3. The molecule has 0 saturated heterocycles. The highest BCUT2D eigenvalue weighted by Crippen LogP contribution is 2.24. The summed E-state index contributed by atoms with van der Waals surface area (Å²) in [7, 11) is 0. The van der Waals surface area contributed by atoms with Gasteiger partial charge in [0.25, 0.3) is 5.56 Å². The summed E-state index contributed by atoms with van der Waals surface area (Å²) in [5, 5.41) is 2.85. The number of rotatable bonds is 4. The number of fused-ring (bicyclic) bond motifs is 1. The van der Waals surface area contributed by atoms with Crippen molar-refractivity contribution in [3.05, 3.63) is 82.0 Å². The lowest BCUT2D eigenvalue weighted by Crippen LogP contribution is -2.25. The molecule has 4 aromatic rings. The van der Waals surface area contributed by atoms with Crippen LogP contribution in [0.4, 0.5) is 5.95 Å². The second-order valence-electron chi connectivity index (χ2n) is 6.54. The van der Waals surface area contributed by atoms with Crippen molar-refractivity contribution in [2.24, 2.45) is 0 Å². The number of hydrogen-bond acceptors (Lipinski definition) is 4. The zero-order valence-corrected chi connectivity index (χ0v) is 15.6. The zero-order valence-electron chi connectivity index (χ0n) is 15.6. The number of nitrogens with one attached hydrogen (secondary N) is 2. The monoisotopic (exact) mass is 373 g/mol. The summed E-state index contributed by atoms with van der Waals surface area (Å²) >= 11 is 0. The number of aromatic nitrogens is 4. The van der Waals surface area contributed by atoms with E-state index in [1.807, 2.05) is 59.2 Å². The van der Waals surface area contributed by atoms with Crippen molar-refractivity contribution in [1.82, 2.24) is 19.5 Å². The third-order valence-electron chi connectivity index (χ3n) is 4.50. The molecule has 140 valence electrons. The maximum atomic E-state index is 12.7. The Morgan fingerprint density at radius 2 is 1.75 bits per heavy atom. The van der Waals surface area contributed by atoms with E-state index in [1.165, 1.54) is 0 Å². The third-order valence-corrected chi connectivity index (χ3v) is 4.50. The summed E-state index contributed by atoms with van der Waals surface area (Å²) in [5.74, 6) is 0.607. The molecule has 0 bridgehead atoms. The van der Waals surface area contributed by atoms with E-state index in [0.717, 1.165) is 16.7 Å². The van der Waals surface area contributed by atoms with Crippen molar-refractivity contribution in [1.29, 1.82) is 0 Å². The highest BCUT2D eigenvalue weighted by atomic mass is 16.2. The third kappa shape index (κ3) is 3.29. The van der Waals surface area contributed by atoms with E-state index in [4.69, 9.17) is 0 Å². The molecule has 0 aliphatic heterocycles. The first-order valence-corrected chi connectivity index (χ1v) is 8.92. The molecule has 7 nitrogen and oxygen atoms in total. The van der Waals surface area contributed by atoms with Gasteiger partial charge in [-0.15, -0.1) is 0 Å². The molecule has 1 amide bonds. The smallest absolute Gasteiger partial charge is 0.254 e. The number of amides is 1. The Morgan fingerprint density at radius 3 is 2.50 bits per heavy atom. The fourth-order valence-electron chi connectivity index (χ4n) is 3.24. The number of anilines is 1. The average molecular weight is 373 g/mol. The fourth-order valence-corrected chi connectivity index (χ4v) is 3.24. The number of aryl methyl sites for hydroxylation is 2. The van der Waals surface area contributed by atoms with Crippen LogP contribution in [0.2, 0.25) is 0 Å². The van der Waals surface area contributed by atoms with E-state index >= 15 is 0 Å². The van der Waals surface area contributed by atoms with Crippen LogP contribution >= 0.6 is 0 Å². The first-order chi connectivity index (χ1) is 13.5. The van der Waals surface area contributed by atoms with E-state index in [2.05, 4.69) is 20.3 Å². The van der Waals surface area contributed by atoms with Crippen molar-refractivity contribution in [3.63, 3.8) is 0 Å². The SMILES string of the molecule is Cc1nc(C)c(CC(=O)Nc2nc3ccccc3n2-c2ccccc2)c(=O)[nH]1. The largest absolute Gasteiger partial charge is 0.311 e. The first-order valence-electron chi connectivity index (χ1n) is 8.92. The van der Waals surface area contributed by atoms with Gasteiger partial charge in [-0.2, -0.15) is 0 Å². The molecule has 2 N–H and O–H groups in total. The van der Waals surface area contributed by atoms with Crippen LogP contribution in [0.1, 0.15) is 17.1 Å². The minimum atomic E-state index is -0.327. The minimum absolute atomic E-state index is 0.0769. The molecule has 0 unspecified atom stereocenters. The van der Waals surface area contributed by atoms with Gasteiger partial charge in [-0.25, -0.2) is 9.97 Å². The molecule has 4 rings (SSSR count). The van der Waals surface area contributed by atoms with Gasteiger partial charge in [-0.1, -0.05) is 30.3 Å². The van der Waals surface area contributed by atoms with Gasteiger partial charge in [0.15, 0.2) is 0 Å². The van der Waals surface area contributed by atoms with Crippen LogP contribution in [0.15, 0.2) is 59.4 Å². The van der Waals surface area contributed by atoms with Crippen LogP contribution in [0.25, 0.3) is 16.7 Å². The van der Waals surface area contributed by atoms with Crippen molar-refractivity contribution >= 4 is 22.9 Å². The van der Waals surface area contributed by atoms with E-state index in [-0.39, 0.29) is 17.9 Å². The van der Waals surface area contributed by atoms with E-state index in [0.29, 0.717) is 23.0 Å². The number of aromatic amines is 1. The number of carbonyl (C=O) groups excluding carboxylic acids is 1. The molecular formula is C21H19N5O2. The molecule has 0 atom stereocenters. The summed E-state index contributed by atoms with van der Waals surface area (Å²) in [4.78, 5) is 36.3. The van der Waals surface area contributed by atoms with Gasteiger partial charge in [0, 0.05) is 16.9 Å². The predicted octanol–water partition coefficient (Wildman–Crippen LogP) is 2.91. The molecular weight excluding hydrogens is 354 g/mol. The average Bonchev–Trinajstić information content (AvgIpc) is 3.03. The summed E-state index contributed by atoms with van der Waals surface area (Å²) < 4.78 is 1.89. The second kappa shape index (κ2) is 7.11. The maximum absolute atomic E-state index is 12.7. The lowest BCUT2D eigenvalue weighted by atomic mass is 10.1. The minimum Gasteiger partial charge on any atom is -0.311 e. The Morgan fingerprint density at radius 1 is 1.04 bits per heavy atom. The van der Waals surface area contributed by atoms with Crippen LogP contribution in [0.5, 0.6) is 0 Å². The lowest BCUT2D eigenvalue weighted by Gasteiger charge is -2.10. The van der Waals surface area contributed by atoms with Crippen LogP contribution in [-0.4, -0.2) is 25.4 Å². The fraction of sp³-hybridized carbons (Fsp3) is 0.143. The van der Waals surface area contributed by atoms with Gasteiger partial charge in [0.2, 0.25) is 11.9 Å². The van der Waals surface area contributed by atoms with Crippen LogP contribution < -0.4 is 10.9 Å². The maximum Gasteiger partial charge on any atom is 0.254 e. The quantitative estimate of drug-likeness (QED) is 0.575. The van der Waals surface area contributed by atoms with Crippen LogP contribution in [-0.2, 0) is 11.2 Å². The number of para-hydroxylation sites is 3. The highest BCUT2D eigenvalue weighted by Gasteiger charge is 2.17. The van der Waals surface area contributed by atoms with Crippen molar-refractivity contribution in [2.75, 3.05) is 5.32 Å². The molecule has 0 aliphatic carbocycles. The first kappa shape index (κ1) is 17.7. The number of hydrogen-bond donors (Lipinski definition) is 2. The molecule has 0 radical (unpaired) electrons. The predicted molar refractivity (Wildman–Crippen MR) is 108 cm³/mol. The van der Waals surface area contributed by atoms with Crippen LogP contribution in [0.3, 0.4) is 0 Å². The normalized spacial score (nSPS) is 10.9. The number of H-pyrrole nitrogens is 1. The highest BCUT2D eigenvalue weighted by molar-refractivity contribution is 5.93. The van der Waals surface area contributed by atoms with Crippen molar-refractivity contribution < 1.29 is 4.79 Å². The summed E-state index contributed by atoms with van der Waals surface area (Å²) in [6, 6.07) is 17.3. The molecule has 28 heavy (non-hydrogen) atoms. The molecule has 0 aliphatic rings. The molecule has 2 aromatic carbocycles. The van der Waals surface area contributed by atoms with Gasteiger partial charge in [-0.3, -0.25) is 19.5 Å². The molecule has 0 saturated carbocycles. The molecule has 0 spiro atoms. The molecule has 2 heterocycles. The van der Waals surface area contributed by atoms with Gasteiger partial charge in [0.05, 0.1) is 17.5 Å². The second-order valence-corrected chi connectivity index (χ2v) is 6.54. The molecule has 7 heteroatoms. The van der Waals surface area contributed by atoms with Crippen LogP contribution in [0, 0.1) is 13.8 Å². The Labute approximate surface area is 161 Å².